The zero-order valence-electron chi connectivity index (χ0n) is 9.10. The van der Waals surface area contributed by atoms with Crippen LogP contribution in [0.2, 0.25) is 0 Å². The van der Waals surface area contributed by atoms with E-state index in [-0.39, 0.29) is 0 Å². The molecule has 2 fully saturated rings. The van der Waals surface area contributed by atoms with Crippen LogP contribution >= 0.6 is 0 Å². The van der Waals surface area contributed by atoms with Crippen LogP contribution in [0.15, 0.2) is 18.2 Å². The van der Waals surface area contributed by atoms with Gasteiger partial charge in [-0.15, -0.1) is 0 Å². The lowest BCUT2D eigenvalue weighted by Gasteiger charge is -2.39. The van der Waals surface area contributed by atoms with Gasteiger partial charge >= 0.3 is 0 Å². The Morgan fingerprint density at radius 3 is 2.56 bits per heavy atom. The van der Waals surface area contributed by atoms with Crippen LogP contribution in [0.4, 0.5) is 8.78 Å². The molecule has 1 aliphatic heterocycles. The molecule has 1 nitrogen and oxygen atoms in total. The van der Waals surface area contributed by atoms with Gasteiger partial charge < -0.3 is 5.32 Å². The topological polar surface area (TPSA) is 12.0 Å². The van der Waals surface area contributed by atoms with Crippen molar-refractivity contribution in [2.45, 2.75) is 25.2 Å². The van der Waals surface area contributed by atoms with Gasteiger partial charge in [-0.2, -0.15) is 0 Å². The zero-order chi connectivity index (χ0) is 11.2. The first-order valence-corrected chi connectivity index (χ1v) is 5.84. The third-order valence-electron chi connectivity index (χ3n) is 4.12. The first kappa shape index (κ1) is 10.2. The molecule has 0 amide bonds. The van der Waals surface area contributed by atoms with E-state index in [2.05, 4.69) is 5.32 Å². The van der Waals surface area contributed by atoms with Crippen LogP contribution < -0.4 is 5.32 Å². The van der Waals surface area contributed by atoms with Crippen molar-refractivity contribution in [1.29, 1.82) is 0 Å². The first-order chi connectivity index (χ1) is 7.69. The average molecular weight is 223 g/mol. The van der Waals surface area contributed by atoms with Crippen molar-refractivity contribution in [1.82, 2.24) is 5.32 Å². The molecule has 1 unspecified atom stereocenters. The normalized spacial score (nSPS) is 27.0. The summed E-state index contributed by atoms with van der Waals surface area (Å²) in [6.45, 7) is 2.18. The molecule has 86 valence electrons. The molecule has 0 radical (unpaired) electrons. The number of hydrogen-bond acceptors (Lipinski definition) is 1. The Morgan fingerprint density at radius 2 is 2.00 bits per heavy atom. The Hall–Kier alpha value is -0.960. The van der Waals surface area contributed by atoms with Crippen molar-refractivity contribution in [3.8, 4) is 0 Å². The molecule has 1 N–H and O–H groups in total. The highest BCUT2D eigenvalue weighted by Crippen LogP contribution is 2.48. The highest BCUT2D eigenvalue weighted by atomic mass is 19.2. The minimum absolute atomic E-state index is 0.414. The molecule has 1 aliphatic carbocycles. The predicted molar refractivity (Wildman–Crippen MR) is 58.3 cm³/mol. The number of benzene rings is 1. The molecule has 1 aromatic carbocycles. The van der Waals surface area contributed by atoms with Gasteiger partial charge in [0.1, 0.15) is 0 Å². The number of hydrogen-bond donors (Lipinski definition) is 1. The molecule has 1 atom stereocenters. The van der Waals surface area contributed by atoms with E-state index in [0.29, 0.717) is 11.3 Å². The van der Waals surface area contributed by atoms with Crippen molar-refractivity contribution in [2.24, 2.45) is 5.41 Å². The van der Waals surface area contributed by atoms with E-state index >= 15 is 0 Å². The first-order valence-electron chi connectivity index (χ1n) is 5.84. The molecule has 1 spiro atoms. The fraction of sp³-hybridized carbons (Fsp3) is 0.538. The summed E-state index contributed by atoms with van der Waals surface area (Å²) < 4.78 is 26.0. The van der Waals surface area contributed by atoms with Gasteiger partial charge in [0, 0.05) is 13.1 Å². The zero-order valence-corrected chi connectivity index (χ0v) is 9.10. The van der Waals surface area contributed by atoms with Crippen molar-refractivity contribution in [2.75, 3.05) is 13.1 Å². The predicted octanol–water partition coefficient (Wildman–Crippen LogP) is 2.82. The van der Waals surface area contributed by atoms with Gasteiger partial charge in [-0.3, -0.25) is 0 Å². The lowest BCUT2D eigenvalue weighted by molar-refractivity contribution is 0.175. The Kier molecular flexibility index (Phi) is 2.25. The molecule has 16 heavy (non-hydrogen) atoms. The second kappa shape index (κ2) is 3.52. The Morgan fingerprint density at radius 1 is 1.19 bits per heavy atom. The maximum atomic E-state index is 13.1. The number of rotatable bonds is 1. The lowest BCUT2D eigenvalue weighted by Crippen LogP contribution is -2.51. The van der Waals surface area contributed by atoms with Crippen LogP contribution in [-0.2, 0) is 0 Å². The van der Waals surface area contributed by atoms with Crippen molar-refractivity contribution in [3.05, 3.63) is 35.4 Å². The minimum Gasteiger partial charge on any atom is -0.316 e. The van der Waals surface area contributed by atoms with Gasteiger partial charge in [-0.05, 0) is 48.3 Å². The van der Waals surface area contributed by atoms with Crippen LogP contribution in [0.3, 0.4) is 0 Å². The van der Waals surface area contributed by atoms with Crippen LogP contribution in [0, 0.1) is 17.0 Å². The molecular weight excluding hydrogens is 208 g/mol. The van der Waals surface area contributed by atoms with Crippen molar-refractivity contribution in [3.63, 3.8) is 0 Å². The van der Waals surface area contributed by atoms with E-state index in [1.165, 1.54) is 18.6 Å². The number of nitrogens with one attached hydrogen (secondary N) is 1. The standard InChI is InChI=1S/C13H15F2N/c14-11-2-1-9(5-12(11)15)10-3-4-13(6-10)7-16-8-13/h1-2,5,10,16H,3-4,6-8H2. The molecule has 1 saturated heterocycles. The highest BCUT2D eigenvalue weighted by Gasteiger charge is 2.43. The second-order valence-electron chi connectivity index (χ2n) is 5.22. The molecule has 1 heterocycles. The minimum atomic E-state index is -0.748. The lowest BCUT2D eigenvalue weighted by atomic mass is 9.79. The molecule has 0 bridgehead atoms. The Bertz CT molecular complexity index is 412. The fourth-order valence-corrected chi connectivity index (χ4v) is 3.06. The summed E-state index contributed by atoms with van der Waals surface area (Å²) >= 11 is 0. The number of halogens is 2. The smallest absolute Gasteiger partial charge is 0.159 e. The quantitative estimate of drug-likeness (QED) is 0.772. The largest absolute Gasteiger partial charge is 0.316 e. The molecule has 1 saturated carbocycles. The molecule has 1 aromatic rings. The van der Waals surface area contributed by atoms with Crippen LogP contribution in [-0.4, -0.2) is 13.1 Å². The molecule has 3 rings (SSSR count). The van der Waals surface area contributed by atoms with Gasteiger partial charge in [0.05, 0.1) is 0 Å². The van der Waals surface area contributed by atoms with Crippen molar-refractivity contribution < 1.29 is 8.78 Å². The second-order valence-corrected chi connectivity index (χ2v) is 5.22. The van der Waals surface area contributed by atoms with Gasteiger partial charge in [-0.25, -0.2) is 8.78 Å². The van der Waals surface area contributed by atoms with Crippen LogP contribution in [0.1, 0.15) is 30.7 Å². The molecule has 2 aliphatic rings. The fourth-order valence-electron chi connectivity index (χ4n) is 3.06. The van der Waals surface area contributed by atoms with Crippen molar-refractivity contribution >= 4 is 0 Å². The van der Waals surface area contributed by atoms with Gasteiger partial charge in [-0.1, -0.05) is 6.07 Å². The van der Waals surface area contributed by atoms with E-state index in [9.17, 15) is 8.78 Å². The van der Waals surface area contributed by atoms with Crippen LogP contribution in [0.5, 0.6) is 0 Å². The van der Waals surface area contributed by atoms with Crippen LogP contribution in [0.25, 0.3) is 0 Å². The summed E-state index contributed by atoms with van der Waals surface area (Å²) in [4.78, 5) is 0. The highest BCUT2D eigenvalue weighted by molar-refractivity contribution is 5.24. The molecular formula is C13H15F2N. The molecule has 3 heteroatoms. The summed E-state index contributed by atoms with van der Waals surface area (Å²) in [5.41, 5.74) is 1.41. The SMILES string of the molecule is Fc1ccc(C2CCC3(CNC3)C2)cc1F. The summed E-state index contributed by atoms with van der Waals surface area (Å²) in [6.07, 6.45) is 3.43. The maximum Gasteiger partial charge on any atom is 0.159 e. The summed E-state index contributed by atoms with van der Waals surface area (Å²) in [7, 11) is 0. The average Bonchev–Trinajstić information content (AvgIpc) is 2.66. The van der Waals surface area contributed by atoms with Gasteiger partial charge in [0.2, 0.25) is 0 Å². The third-order valence-corrected chi connectivity index (χ3v) is 4.12. The Balaban J connectivity index is 1.80. The van der Waals surface area contributed by atoms with E-state index in [1.807, 2.05) is 0 Å². The van der Waals surface area contributed by atoms with E-state index < -0.39 is 11.6 Å². The molecule has 0 aromatic heterocycles. The van der Waals surface area contributed by atoms with Gasteiger partial charge in [0.15, 0.2) is 11.6 Å². The Labute approximate surface area is 93.9 Å². The third kappa shape index (κ3) is 1.54. The summed E-state index contributed by atoms with van der Waals surface area (Å²) in [6, 6.07) is 4.34. The van der Waals surface area contributed by atoms with E-state index in [4.69, 9.17) is 0 Å². The summed E-state index contributed by atoms with van der Waals surface area (Å²) in [5, 5.41) is 3.30. The maximum absolute atomic E-state index is 13.1. The van der Waals surface area contributed by atoms with E-state index in [1.54, 1.807) is 6.07 Å². The van der Waals surface area contributed by atoms with Gasteiger partial charge in [0.25, 0.3) is 0 Å². The summed E-state index contributed by atoms with van der Waals surface area (Å²) in [5.74, 6) is -1.05. The van der Waals surface area contributed by atoms with E-state index in [0.717, 1.165) is 31.5 Å². The monoisotopic (exact) mass is 223 g/mol.